The first kappa shape index (κ1) is 20.0. The number of alkyl halides is 1. The van der Waals surface area contributed by atoms with Gasteiger partial charge in [-0.2, -0.15) is 0 Å². The maximum absolute atomic E-state index is 12.7. The highest BCUT2D eigenvalue weighted by Gasteiger charge is 2.41. The van der Waals surface area contributed by atoms with E-state index in [1.807, 2.05) is 26.8 Å². The minimum atomic E-state index is -0.570. The molecule has 1 unspecified atom stereocenters. The Balaban J connectivity index is 2.06. The van der Waals surface area contributed by atoms with E-state index in [1.54, 1.807) is 17.0 Å². The van der Waals surface area contributed by atoms with Gasteiger partial charge in [0.05, 0.1) is 23.0 Å². The van der Waals surface area contributed by atoms with Crippen LogP contribution in [-0.2, 0) is 9.53 Å². The third-order valence-electron chi connectivity index (χ3n) is 5.03. The average Bonchev–Trinajstić information content (AvgIpc) is 3.42. The van der Waals surface area contributed by atoms with Crippen molar-refractivity contribution in [3.63, 3.8) is 0 Å². The summed E-state index contributed by atoms with van der Waals surface area (Å²) in [5, 5.41) is 0. The lowest BCUT2D eigenvalue weighted by atomic mass is 9.96. The molecule has 27 heavy (non-hydrogen) atoms. The first-order valence-corrected chi connectivity index (χ1v) is 10.2. The number of hydrogen-bond acceptors (Lipinski definition) is 4. The van der Waals surface area contributed by atoms with Crippen LogP contribution in [0.5, 0.6) is 0 Å². The summed E-state index contributed by atoms with van der Waals surface area (Å²) in [5.74, 6) is -0.318. The van der Waals surface area contributed by atoms with E-state index in [-0.39, 0.29) is 29.7 Å². The van der Waals surface area contributed by atoms with Gasteiger partial charge in [-0.1, -0.05) is 13.8 Å². The molecule has 0 N–H and O–H groups in total. The monoisotopic (exact) mass is 392 g/mol. The van der Waals surface area contributed by atoms with E-state index in [1.165, 1.54) is 12.8 Å². The number of ether oxygens (including phenoxy) is 1. The summed E-state index contributed by atoms with van der Waals surface area (Å²) in [6, 6.07) is 6.07. The van der Waals surface area contributed by atoms with Gasteiger partial charge >= 0.3 is 5.97 Å². The lowest BCUT2D eigenvalue weighted by Crippen LogP contribution is -2.55. The summed E-state index contributed by atoms with van der Waals surface area (Å²) < 4.78 is 5.52. The van der Waals surface area contributed by atoms with Crippen LogP contribution in [0.3, 0.4) is 0 Å². The summed E-state index contributed by atoms with van der Waals surface area (Å²) in [6.07, 6.45) is 2.34. The van der Waals surface area contributed by atoms with E-state index >= 15 is 0 Å². The summed E-state index contributed by atoms with van der Waals surface area (Å²) in [6.45, 7) is 10.6. The van der Waals surface area contributed by atoms with E-state index in [9.17, 15) is 9.59 Å². The van der Waals surface area contributed by atoms with Gasteiger partial charge in [0, 0.05) is 12.6 Å². The van der Waals surface area contributed by atoms with E-state index in [0.29, 0.717) is 11.6 Å². The predicted octanol–water partition coefficient (Wildman–Crippen LogP) is 4.22. The number of carbonyl (C=O) groups excluding carboxylic acids is 2. The summed E-state index contributed by atoms with van der Waals surface area (Å²) >= 11 is 5.93. The van der Waals surface area contributed by atoms with Crippen LogP contribution in [0.1, 0.15) is 57.8 Å². The minimum absolute atomic E-state index is 0.0261. The molecule has 0 aromatic heterocycles. The van der Waals surface area contributed by atoms with Crippen molar-refractivity contribution in [1.82, 2.24) is 0 Å². The standard InChI is InChI=1S/C21H29ClN2O3/c1-13(2)18-12-23(15-7-8-15)16-9-6-14(20(26)27-21(3,4)5)10-17(16)24(18)19(25)11-22/h6,9-10,13,15,18H,7-8,11-12H2,1-5H3. The average molecular weight is 393 g/mol. The molecule has 1 aromatic rings. The van der Waals surface area contributed by atoms with Crippen LogP contribution >= 0.6 is 11.6 Å². The first-order chi connectivity index (χ1) is 12.6. The van der Waals surface area contributed by atoms with Crippen LogP contribution in [0.15, 0.2) is 18.2 Å². The summed E-state index contributed by atoms with van der Waals surface area (Å²) in [4.78, 5) is 29.5. The maximum atomic E-state index is 12.7. The van der Waals surface area contributed by atoms with E-state index in [4.69, 9.17) is 16.3 Å². The highest BCUT2D eigenvalue weighted by atomic mass is 35.5. The van der Waals surface area contributed by atoms with Crippen molar-refractivity contribution in [2.45, 2.75) is 65.1 Å². The Morgan fingerprint density at radius 1 is 1.22 bits per heavy atom. The second kappa shape index (κ2) is 7.34. The molecule has 0 saturated heterocycles. The Labute approximate surface area is 166 Å². The molecule has 0 bridgehead atoms. The second-order valence-corrected chi connectivity index (χ2v) is 9.06. The van der Waals surface area contributed by atoms with Crippen LogP contribution in [0.25, 0.3) is 0 Å². The fourth-order valence-corrected chi connectivity index (χ4v) is 3.74. The number of fused-ring (bicyclic) bond motifs is 1. The number of rotatable bonds is 4. The summed E-state index contributed by atoms with van der Waals surface area (Å²) in [5.41, 5.74) is 1.65. The van der Waals surface area contributed by atoms with Crippen molar-refractivity contribution < 1.29 is 14.3 Å². The van der Waals surface area contributed by atoms with Crippen molar-refractivity contribution in [1.29, 1.82) is 0 Å². The molecule has 6 heteroatoms. The van der Waals surface area contributed by atoms with Gasteiger partial charge in [-0.15, -0.1) is 11.6 Å². The molecule has 1 heterocycles. The molecule has 0 spiro atoms. The van der Waals surface area contributed by atoms with Crippen molar-refractivity contribution in [2.24, 2.45) is 5.92 Å². The van der Waals surface area contributed by atoms with Crippen LogP contribution < -0.4 is 9.80 Å². The Hall–Kier alpha value is -1.75. The smallest absolute Gasteiger partial charge is 0.338 e. The van der Waals surface area contributed by atoms with Gasteiger partial charge in [0.15, 0.2) is 0 Å². The second-order valence-electron chi connectivity index (χ2n) is 8.80. The molecule has 1 saturated carbocycles. The highest BCUT2D eigenvalue weighted by molar-refractivity contribution is 6.29. The number of amides is 1. The van der Waals surface area contributed by atoms with Crippen LogP contribution in [-0.4, -0.2) is 42.0 Å². The number of benzene rings is 1. The fraction of sp³-hybridized carbons (Fsp3) is 0.619. The molecule has 0 radical (unpaired) electrons. The molecule has 1 aliphatic carbocycles. The molecule has 1 fully saturated rings. The molecule has 1 aliphatic heterocycles. The topological polar surface area (TPSA) is 49.9 Å². The number of hydrogen-bond donors (Lipinski definition) is 0. The Morgan fingerprint density at radius 2 is 1.89 bits per heavy atom. The molecule has 1 atom stereocenters. The zero-order valence-corrected chi connectivity index (χ0v) is 17.5. The molecule has 1 amide bonds. The summed E-state index contributed by atoms with van der Waals surface area (Å²) in [7, 11) is 0. The first-order valence-electron chi connectivity index (χ1n) is 9.64. The molecular weight excluding hydrogens is 364 g/mol. The molecule has 2 aliphatic rings. The van der Waals surface area contributed by atoms with Gasteiger partial charge in [-0.25, -0.2) is 4.79 Å². The number of carbonyl (C=O) groups is 2. The van der Waals surface area contributed by atoms with Crippen molar-refractivity contribution in [2.75, 3.05) is 22.2 Å². The zero-order valence-electron chi connectivity index (χ0n) is 16.8. The molecule has 1 aromatic carbocycles. The number of halogens is 1. The zero-order chi connectivity index (χ0) is 19.9. The van der Waals surface area contributed by atoms with Gasteiger partial charge in [0.25, 0.3) is 0 Å². The number of esters is 1. The van der Waals surface area contributed by atoms with Crippen molar-refractivity contribution in [3.05, 3.63) is 23.8 Å². The molecular formula is C21H29ClN2O3. The third-order valence-corrected chi connectivity index (χ3v) is 5.26. The maximum Gasteiger partial charge on any atom is 0.338 e. The van der Waals surface area contributed by atoms with Crippen molar-refractivity contribution >= 4 is 34.9 Å². The largest absolute Gasteiger partial charge is 0.456 e. The lowest BCUT2D eigenvalue weighted by Gasteiger charge is -2.45. The van der Waals surface area contributed by atoms with E-state index in [0.717, 1.165) is 17.9 Å². The van der Waals surface area contributed by atoms with Crippen molar-refractivity contribution in [3.8, 4) is 0 Å². The Morgan fingerprint density at radius 3 is 2.41 bits per heavy atom. The van der Waals surface area contributed by atoms with E-state index < -0.39 is 5.60 Å². The van der Waals surface area contributed by atoms with Crippen LogP contribution in [0.4, 0.5) is 11.4 Å². The Kier molecular flexibility index (Phi) is 5.44. The third kappa shape index (κ3) is 4.23. The predicted molar refractivity (Wildman–Crippen MR) is 109 cm³/mol. The van der Waals surface area contributed by atoms with Gasteiger partial charge in [-0.3, -0.25) is 4.79 Å². The van der Waals surface area contributed by atoms with Gasteiger partial charge in [0.2, 0.25) is 5.91 Å². The SMILES string of the molecule is CC(C)C1CN(C2CC2)c2ccc(C(=O)OC(C)(C)C)cc2N1C(=O)CCl. The normalized spacial score (nSPS) is 19.9. The number of anilines is 2. The molecule has 5 nitrogen and oxygen atoms in total. The number of nitrogens with zero attached hydrogens (tertiary/aromatic N) is 2. The van der Waals surface area contributed by atoms with Gasteiger partial charge < -0.3 is 14.5 Å². The van der Waals surface area contributed by atoms with Gasteiger partial charge in [-0.05, 0) is 57.7 Å². The molecule has 148 valence electrons. The quantitative estimate of drug-likeness (QED) is 0.568. The van der Waals surface area contributed by atoms with Gasteiger partial charge in [0.1, 0.15) is 11.5 Å². The minimum Gasteiger partial charge on any atom is -0.456 e. The van der Waals surface area contributed by atoms with Crippen LogP contribution in [0.2, 0.25) is 0 Å². The Bertz CT molecular complexity index is 737. The van der Waals surface area contributed by atoms with E-state index in [2.05, 4.69) is 18.7 Å². The molecule has 3 rings (SSSR count). The van der Waals surface area contributed by atoms with Crippen LogP contribution in [0, 0.1) is 5.92 Å². The fourth-order valence-electron chi connectivity index (χ4n) is 3.61. The lowest BCUT2D eigenvalue weighted by molar-refractivity contribution is -0.117. The highest BCUT2D eigenvalue weighted by Crippen LogP contribution is 2.43.